The maximum Gasteiger partial charge on any atom is 0.490 e. The summed E-state index contributed by atoms with van der Waals surface area (Å²) in [7, 11) is 0. The van der Waals surface area contributed by atoms with Crippen LogP contribution in [0.1, 0.15) is 52.8 Å². The first-order valence-corrected chi connectivity index (χ1v) is 12.2. The Morgan fingerprint density at radius 3 is 2.03 bits per heavy atom. The third kappa shape index (κ3) is 7.67. The number of halogens is 4. The molecule has 0 bridgehead atoms. The average molecular weight is 540 g/mol. The SMILES string of the molecule is O=C(Nc1ccc(N2CCC(N3CCCCC3)CC2)cc1C(=O)O)c1ccccc1F.O=C(O)C(F)(F)F. The van der Waals surface area contributed by atoms with E-state index in [0.29, 0.717) is 6.04 Å². The minimum Gasteiger partial charge on any atom is -0.478 e. The summed E-state index contributed by atoms with van der Waals surface area (Å²) in [6.45, 7) is 4.12. The number of hydrogen-bond donors (Lipinski definition) is 3. The van der Waals surface area contributed by atoms with Gasteiger partial charge in [-0.1, -0.05) is 18.6 Å². The van der Waals surface area contributed by atoms with Gasteiger partial charge in [-0.15, -0.1) is 0 Å². The zero-order chi connectivity index (χ0) is 27.9. The van der Waals surface area contributed by atoms with Gasteiger partial charge in [-0.2, -0.15) is 13.2 Å². The number of benzene rings is 2. The van der Waals surface area contributed by atoms with E-state index in [9.17, 15) is 32.3 Å². The van der Waals surface area contributed by atoms with E-state index in [4.69, 9.17) is 9.90 Å². The standard InChI is InChI=1S/C24H28FN3O3.C2HF3O2/c25-21-7-3-2-6-19(21)23(29)26-22-9-8-18(16-20(22)24(30)31)28-14-10-17(11-15-28)27-12-4-1-5-13-27;3-2(4,5)1(6)7/h2-3,6-9,16-17H,1,4-5,10-15H2,(H,26,29)(H,30,31);(H,6,7). The topological polar surface area (TPSA) is 110 Å². The lowest BCUT2D eigenvalue weighted by Crippen LogP contribution is -2.46. The highest BCUT2D eigenvalue weighted by Gasteiger charge is 2.38. The number of carboxylic acids is 2. The van der Waals surface area contributed by atoms with E-state index in [0.717, 1.165) is 31.6 Å². The van der Waals surface area contributed by atoms with Crippen LogP contribution in [0.5, 0.6) is 0 Å². The molecule has 0 aromatic heterocycles. The van der Waals surface area contributed by atoms with E-state index < -0.39 is 29.8 Å². The van der Waals surface area contributed by atoms with Crippen LogP contribution >= 0.6 is 0 Å². The first-order valence-electron chi connectivity index (χ1n) is 12.2. The second-order valence-electron chi connectivity index (χ2n) is 9.09. The molecular formula is C26H29F4N3O5. The van der Waals surface area contributed by atoms with Crippen LogP contribution in [-0.2, 0) is 4.79 Å². The van der Waals surface area contributed by atoms with E-state index in [1.165, 1.54) is 50.6 Å². The van der Waals surface area contributed by atoms with Gasteiger partial charge in [0.05, 0.1) is 16.8 Å². The molecular weight excluding hydrogens is 510 g/mol. The molecule has 2 fully saturated rings. The summed E-state index contributed by atoms with van der Waals surface area (Å²) >= 11 is 0. The number of nitrogens with zero attached hydrogens (tertiary/aromatic N) is 2. The fraction of sp³-hybridized carbons (Fsp3) is 0.423. The molecule has 2 saturated heterocycles. The molecule has 12 heteroatoms. The smallest absolute Gasteiger partial charge is 0.478 e. The van der Waals surface area contributed by atoms with Gasteiger partial charge in [-0.05, 0) is 69.1 Å². The van der Waals surface area contributed by atoms with Crippen molar-refractivity contribution in [2.24, 2.45) is 0 Å². The van der Waals surface area contributed by atoms with Crippen molar-refractivity contribution < 1.29 is 42.2 Å². The highest BCUT2D eigenvalue weighted by atomic mass is 19.4. The van der Waals surface area contributed by atoms with Gasteiger partial charge in [-0.25, -0.2) is 14.0 Å². The molecule has 2 aliphatic rings. The van der Waals surface area contributed by atoms with E-state index in [1.807, 2.05) is 6.07 Å². The summed E-state index contributed by atoms with van der Waals surface area (Å²) in [6.07, 6.45) is 0.931. The minimum absolute atomic E-state index is 0.000318. The molecule has 2 aromatic rings. The molecule has 1 amide bonds. The van der Waals surface area contributed by atoms with Crippen LogP contribution < -0.4 is 10.2 Å². The second-order valence-corrected chi connectivity index (χ2v) is 9.09. The van der Waals surface area contributed by atoms with Crippen molar-refractivity contribution in [1.82, 2.24) is 4.90 Å². The van der Waals surface area contributed by atoms with Gasteiger partial charge in [0, 0.05) is 24.8 Å². The Bertz CT molecular complexity index is 1140. The summed E-state index contributed by atoms with van der Waals surface area (Å²) in [5.41, 5.74) is 0.870. The van der Waals surface area contributed by atoms with E-state index in [-0.39, 0.29) is 16.8 Å². The van der Waals surface area contributed by atoms with E-state index in [2.05, 4.69) is 15.1 Å². The van der Waals surface area contributed by atoms with Crippen molar-refractivity contribution in [2.75, 3.05) is 36.4 Å². The van der Waals surface area contributed by atoms with Crippen LogP contribution in [0, 0.1) is 5.82 Å². The van der Waals surface area contributed by atoms with Crippen molar-refractivity contribution in [3.63, 3.8) is 0 Å². The summed E-state index contributed by atoms with van der Waals surface area (Å²) < 4.78 is 45.6. The molecule has 2 aliphatic heterocycles. The van der Waals surface area contributed by atoms with Crippen LogP contribution in [0.15, 0.2) is 42.5 Å². The van der Waals surface area contributed by atoms with Gasteiger partial charge in [-0.3, -0.25) is 4.79 Å². The lowest BCUT2D eigenvalue weighted by atomic mass is 9.99. The molecule has 0 saturated carbocycles. The Balaban J connectivity index is 0.000000505. The van der Waals surface area contributed by atoms with Crippen molar-refractivity contribution >= 4 is 29.2 Å². The number of aliphatic carboxylic acids is 1. The molecule has 0 unspecified atom stereocenters. The quantitative estimate of drug-likeness (QED) is 0.466. The number of carbonyl (C=O) groups is 3. The molecule has 0 atom stereocenters. The van der Waals surface area contributed by atoms with E-state index >= 15 is 0 Å². The van der Waals surface area contributed by atoms with Gasteiger partial charge < -0.3 is 25.3 Å². The summed E-state index contributed by atoms with van der Waals surface area (Å²) in [4.78, 5) is 38.0. The Labute approximate surface area is 216 Å². The predicted octanol–water partition coefficient (Wildman–Crippen LogP) is 4.86. The Morgan fingerprint density at radius 1 is 0.868 bits per heavy atom. The third-order valence-corrected chi connectivity index (χ3v) is 6.58. The van der Waals surface area contributed by atoms with Crippen LogP contribution in [0.2, 0.25) is 0 Å². The van der Waals surface area contributed by atoms with Crippen LogP contribution in [-0.4, -0.2) is 71.4 Å². The number of amides is 1. The van der Waals surface area contributed by atoms with Crippen molar-refractivity contribution in [2.45, 2.75) is 44.3 Å². The number of aromatic carboxylic acids is 1. The first kappa shape index (κ1) is 28.9. The first-order chi connectivity index (χ1) is 18.0. The number of carboxylic acid groups (broad SMARTS) is 2. The lowest BCUT2D eigenvalue weighted by Gasteiger charge is -2.41. The monoisotopic (exact) mass is 539 g/mol. The molecule has 2 aromatic carbocycles. The Kier molecular flexibility index (Phi) is 9.67. The van der Waals surface area contributed by atoms with Crippen molar-refractivity contribution in [3.05, 3.63) is 59.4 Å². The van der Waals surface area contributed by atoms with Gasteiger partial charge in [0.25, 0.3) is 5.91 Å². The summed E-state index contributed by atoms with van der Waals surface area (Å²) in [5, 5.41) is 19.4. The highest BCUT2D eigenvalue weighted by Crippen LogP contribution is 2.28. The minimum atomic E-state index is -5.08. The molecule has 4 rings (SSSR count). The zero-order valence-corrected chi connectivity index (χ0v) is 20.5. The van der Waals surface area contributed by atoms with Gasteiger partial charge in [0.2, 0.25) is 0 Å². The summed E-state index contributed by atoms with van der Waals surface area (Å²) in [6, 6.07) is 11.2. The molecule has 206 valence electrons. The molecule has 3 N–H and O–H groups in total. The molecule has 0 spiro atoms. The number of hydrogen-bond acceptors (Lipinski definition) is 5. The number of anilines is 2. The number of alkyl halides is 3. The fourth-order valence-electron chi connectivity index (χ4n) is 4.62. The molecule has 38 heavy (non-hydrogen) atoms. The Morgan fingerprint density at radius 2 is 1.47 bits per heavy atom. The van der Waals surface area contributed by atoms with Gasteiger partial charge in [0.1, 0.15) is 5.82 Å². The van der Waals surface area contributed by atoms with Crippen molar-refractivity contribution in [1.29, 1.82) is 0 Å². The number of carbonyl (C=O) groups excluding carboxylic acids is 1. The normalized spacial score (nSPS) is 16.8. The number of nitrogens with one attached hydrogen (secondary N) is 1. The molecule has 0 aliphatic carbocycles. The van der Waals surface area contributed by atoms with Crippen LogP contribution in [0.3, 0.4) is 0 Å². The van der Waals surface area contributed by atoms with Crippen LogP contribution in [0.4, 0.5) is 28.9 Å². The number of piperidine rings is 2. The molecule has 0 radical (unpaired) electrons. The molecule has 2 heterocycles. The maximum absolute atomic E-state index is 13.9. The Hall–Kier alpha value is -3.67. The van der Waals surface area contributed by atoms with Gasteiger partial charge in [0.15, 0.2) is 0 Å². The zero-order valence-electron chi connectivity index (χ0n) is 20.5. The maximum atomic E-state index is 13.9. The third-order valence-electron chi connectivity index (χ3n) is 6.58. The van der Waals surface area contributed by atoms with Gasteiger partial charge >= 0.3 is 18.1 Å². The second kappa shape index (κ2) is 12.7. The largest absolute Gasteiger partial charge is 0.490 e. The average Bonchev–Trinajstić information content (AvgIpc) is 2.89. The summed E-state index contributed by atoms with van der Waals surface area (Å²) in [5.74, 6) is -5.21. The highest BCUT2D eigenvalue weighted by molar-refractivity contribution is 6.08. The number of likely N-dealkylation sites (tertiary alicyclic amines) is 1. The predicted molar refractivity (Wildman–Crippen MR) is 132 cm³/mol. The van der Waals surface area contributed by atoms with Crippen LogP contribution in [0.25, 0.3) is 0 Å². The molecule has 8 nitrogen and oxygen atoms in total. The fourth-order valence-corrected chi connectivity index (χ4v) is 4.62. The van der Waals surface area contributed by atoms with Crippen molar-refractivity contribution in [3.8, 4) is 0 Å². The van der Waals surface area contributed by atoms with E-state index in [1.54, 1.807) is 18.2 Å². The number of rotatable bonds is 5. The lowest BCUT2D eigenvalue weighted by molar-refractivity contribution is -0.192.